The van der Waals surface area contributed by atoms with Gasteiger partial charge >= 0.3 is 0 Å². The number of hydrogen-bond donors (Lipinski definition) is 1. The van der Waals surface area contributed by atoms with E-state index in [4.69, 9.17) is 16.3 Å². The van der Waals surface area contributed by atoms with Crippen LogP contribution >= 0.6 is 11.6 Å². The third kappa shape index (κ3) is 4.09. The number of pyridine rings is 1. The average molecular weight is 448 g/mol. The van der Waals surface area contributed by atoms with Gasteiger partial charge in [0, 0.05) is 18.1 Å². The smallest absolute Gasteiger partial charge is 0.278 e. The second kappa shape index (κ2) is 8.85. The Labute approximate surface area is 191 Å². The van der Waals surface area contributed by atoms with Gasteiger partial charge in [0.25, 0.3) is 11.8 Å². The summed E-state index contributed by atoms with van der Waals surface area (Å²) in [6, 6.07) is 14.5. The quantitative estimate of drug-likeness (QED) is 0.552. The number of aryl methyl sites for hydroxylation is 2. The summed E-state index contributed by atoms with van der Waals surface area (Å²) in [7, 11) is 1.53. The summed E-state index contributed by atoms with van der Waals surface area (Å²) in [5.41, 5.74) is 4.60. The van der Waals surface area contributed by atoms with Gasteiger partial charge in [-0.2, -0.15) is 0 Å². The maximum Gasteiger partial charge on any atom is 0.278 e. The summed E-state index contributed by atoms with van der Waals surface area (Å²) in [5.74, 6) is -0.235. The average Bonchev–Trinajstić information content (AvgIpc) is 2.99. The molecule has 1 aliphatic heterocycles. The largest absolute Gasteiger partial charge is 0.495 e. The van der Waals surface area contributed by atoms with E-state index in [0.717, 1.165) is 16.7 Å². The zero-order chi connectivity index (χ0) is 22.8. The fourth-order valence-corrected chi connectivity index (χ4v) is 4.00. The first-order valence-corrected chi connectivity index (χ1v) is 10.4. The molecule has 1 N–H and O–H groups in total. The molecule has 0 saturated carbocycles. The minimum Gasteiger partial charge on any atom is -0.495 e. The lowest BCUT2D eigenvalue weighted by Crippen LogP contribution is -2.32. The summed E-state index contributed by atoms with van der Waals surface area (Å²) in [5, 5.41) is 3.53. The molecule has 3 aromatic rings. The maximum absolute atomic E-state index is 13.5. The molecule has 0 aliphatic carbocycles. The number of carbonyl (C=O) groups excluding carboxylic acids is 2. The minimum atomic E-state index is -0.402. The predicted octanol–water partition coefficient (Wildman–Crippen LogP) is 4.75. The highest BCUT2D eigenvalue weighted by atomic mass is 35.5. The van der Waals surface area contributed by atoms with E-state index in [0.29, 0.717) is 27.6 Å². The number of methoxy groups -OCH3 is 1. The third-order valence-corrected chi connectivity index (χ3v) is 5.60. The highest BCUT2D eigenvalue weighted by Crippen LogP contribution is 2.35. The SMILES string of the molecule is COc1ccc(NC2=C(c3ccc(C)cc3C)C(=O)N(Cc3cccnc3)C2=O)cc1Cl. The molecule has 0 atom stereocenters. The molecular formula is C25H22ClN3O3. The van der Waals surface area contributed by atoms with Gasteiger partial charge in [-0.05, 0) is 54.8 Å². The molecule has 7 heteroatoms. The van der Waals surface area contributed by atoms with Crippen molar-refractivity contribution in [3.05, 3.63) is 93.9 Å². The van der Waals surface area contributed by atoms with Crippen molar-refractivity contribution in [3.63, 3.8) is 0 Å². The summed E-state index contributed by atoms with van der Waals surface area (Å²) >= 11 is 6.26. The number of benzene rings is 2. The topological polar surface area (TPSA) is 71.5 Å². The zero-order valence-electron chi connectivity index (χ0n) is 18.0. The van der Waals surface area contributed by atoms with Crippen LogP contribution < -0.4 is 10.1 Å². The van der Waals surface area contributed by atoms with Crippen molar-refractivity contribution in [2.75, 3.05) is 12.4 Å². The van der Waals surface area contributed by atoms with Crippen LogP contribution in [0.15, 0.2) is 66.6 Å². The van der Waals surface area contributed by atoms with Crippen molar-refractivity contribution in [3.8, 4) is 5.75 Å². The summed E-state index contributed by atoms with van der Waals surface area (Å²) in [6.07, 6.45) is 3.29. The first-order valence-electron chi connectivity index (χ1n) is 10.1. The summed E-state index contributed by atoms with van der Waals surface area (Å²) in [6.45, 7) is 4.05. The van der Waals surface area contributed by atoms with Crippen LogP contribution in [-0.2, 0) is 16.1 Å². The van der Waals surface area contributed by atoms with Crippen LogP contribution in [0.3, 0.4) is 0 Å². The number of nitrogens with zero attached hydrogens (tertiary/aromatic N) is 2. The summed E-state index contributed by atoms with van der Waals surface area (Å²) in [4.78, 5) is 32.2. The van der Waals surface area contributed by atoms with Crippen LogP contribution in [0.2, 0.25) is 5.02 Å². The van der Waals surface area contributed by atoms with Gasteiger partial charge in [0.15, 0.2) is 0 Å². The molecule has 162 valence electrons. The number of carbonyl (C=O) groups is 2. The van der Waals surface area contributed by atoms with Gasteiger partial charge < -0.3 is 10.1 Å². The van der Waals surface area contributed by atoms with Crippen LogP contribution in [-0.4, -0.2) is 28.8 Å². The van der Waals surface area contributed by atoms with E-state index in [9.17, 15) is 9.59 Å². The van der Waals surface area contributed by atoms with Crippen LogP contribution in [0.5, 0.6) is 5.75 Å². The Hall–Kier alpha value is -3.64. The van der Waals surface area contributed by atoms with Crippen molar-refractivity contribution >= 4 is 34.7 Å². The fourth-order valence-electron chi connectivity index (χ4n) is 3.74. The minimum absolute atomic E-state index is 0.133. The Bertz CT molecular complexity index is 1240. The molecule has 1 aromatic heterocycles. The van der Waals surface area contributed by atoms with Gasteiger partial charge in [-0.25, -0.2) is 0 Å². The third-order valence-electron chi connectivity index (χ3n) is 5.30. The number of imide groups is 1. The van der Waals surface area contributed by atoms with E-state index in [1.165, 1.54) is 12.0 Å². The molecule has 2 aromatic carbocycles. The van der Waals surface area contributed by atoms with Crippen molar-refractivity contribution in [2.45, 2.75) is 20.4 Å². The molecule has 6 nitrogen and oxygen atoms in total. The van der Waals surface area contributed by atoms with E-state index >= 15 is 0 Å². The molecule has 32 heavy (non-hydrogen) atoms. The van der Waals surface area contributed by atoms with Gasteiger partial charge in [0.2, 0.25) is 0 Å². The monoisotopic (exact) mass is 447 g/mol. The Balaban J connectivity index is 1.78. The maximum atomic E-state index is 13.5. The number of aromatic nitrogens is 1. The molecule has 0 fully saturated rings. The van der Waals surface area contributed by atoms with Gasteiger partial charge in [-0.3, -0.25) is 19.5 Å². The highest BCUT2D eigenvalue weighted by Gasteiger charge is 2.39. The van der Waals surface area contributed by atoms with Crippen molar-refractivity contribution < 1.29 is 14.3 Å². The first kappa shape index (κ1) is 21.6. The van der Waals surface area contributed by atoms with Gasteiger partial charge in [0.1, 0.15) is 11.4 Å². The standard InChI is InChI=1S/C25H22ClN3O3/c1-15-6-8-19(16(2)11-15)22-23(28-18-7-9-21(32-3)20(26)12-18)25(31)29(24(22)30)14-17-5-4-10-27-13-17/h4-13,28H,14H2,1-3H3. The first-order chi connectivity index (χ1) is 15.4. The lowest BCUT2D eigenvalue weighted by molar-refractivity contribution is -0.137. The van der Waals surface area contributed by atoms with E-state index in [2.05, 4.69) is 10.3 Å². The van der Waals surface area contributed by atoms with Crippen molar-refractivity contribution in [1.29, 1.82) is 0 Å². The molecular weight excluding hydrogens is 426 g/mol. The number of hydrogen-bond acceptors (Lipinski definition) is 5. The number of nitrogens with one attached hydrogen (secondary N) is 1. The van der Waals surface area contributed by atoms with E-state index in [1.54, 1.807) is 36.7 Å². The van der Waals surface area contributed by atoms with Crippen molar-refractivity contribution in [2.24, 2.45) is 0 Å². The molecule has 0 bridgehead atoms. The van der Waals surface area contributed by atoms with Crippen LogP contribution in [0.25, 0.3) is 5.57 Å². The number of halogens is 1. The Morgan fingerprint density at radius 3 is 2.53 bits per heavy atom. The van der Waals surface area contributed by atoms with E-state index in [-0.39, 0.29) is 18.1 Å². The molecule has 1 aliphatic rings. The van der Waals surface area contributed by atoms with E-state index in [1.807, 2.05) is 38.1 Å². The normalized spacial score (nSPS) is 13.7. The Kier molecular flexibility index (Phi) is 5.97. The number of anilines is 1. The predicted molar refractivity (Wildman–Crippen MR) is 124 cm³/mol. The molecule has 0 radical (unpaired) electrons. The molecule has 0 saturated heterocycles. The second-order valence-electron chi connectivity index (χ2n) is 7.60. The van der Waals surface area contributed by atoms with Gasteiger partial charge in [-0.1, -0.05) is 41.4 Å². The van der Waals surface area contributed by atoms with Crippen LogP contribution in [0.1, 0.15) is 22.3 Å². The van der Waals surface area contributed by atoms with Crippen LogP contribution in [0, 0.1) is 13.8 Å². The zero-order valence-corrected chi connectivity index (χ0v) is 18.7. The second-order valence-corrected chi connectivity index (χ2v) is 8.01. The number of rotatable bonds is 6. The molecule has 4 rings (SSSR count). The highest BCUT2D eigenvalue weighted by molar-refractivity contribution is 6.37. The molecule has 0 spiro atoms. The number of ether oxygens (including phenoxy) is 1. The Morgan fingerprint density at radius 2 is 1.88 bits per heavy atom. The van der Waals surface area contributed by atoms with Crippen LogP contribution in [0.4, 0.5) is 5.69 Å². The van der Waals surface area contributed by atoms with E-state index < -0.39 is 5.91 Å². The Morgan fingerprint density at radius 1 is 1.06 bits per heavy atom. The fraction of sp³-hybridized carbons (Fsp3) is 0.160. The molecule has 0 unspecified atom stereocenters. The molecule has 2 heterocycles. The van der Waals surface area contributed by atoms with Gasteiger partial charge in [-0.15, -0.1) is 0 Å². The lowest BCUT2D eigenvalue weighted by atomic mass is 9.97. The molecule has 2 amide bonds. The summed E-state index contributed by atoms with van der Waals surface area (Å²) < 4.78 is 5.20. The van der Waals surface area contributed by atoms with Crippen molar-refractivity contribution in [1.82, 2.24) is 9.88 Å². The number of amides is 2. The lowest BCUT2D eigenvalue weighted by Gasteiger charge is -2.15. The van der Waals surface area contributed by atoms with Gasteiger partial charge in [0.05, 0.1) is 24.3 Å².